The van der Waals surface area contributed by atoms with E-state index in [-0.39, 0.29) is 6.79 Å². The average molecular weight is 442 g/mol. The molecule has 9 heteroatoms. The first-order valence-corrected chi connectivity index (χ1v) is 10.6. The molecule has 3 aromatic rings. The smallest absolute Gasteiger partial charge is 0.231 e. The van der Waals surface area contributed by atoms with Crippen molar-refractivity contribution in [1.29, 1.82) is 0 Å². The highest BCUT2D eigenvalue weighted by Gasteiger charge is 2.13. The molecular formula is C22H24ClN5O3. The van der Waals surface area contributed by atoms with Crippen molar-refractivity contribution in [2.24, 2.45) is 4.99 Å². The summed E-state index contributed by atoms with van der Waals surface area (Å²) in [6.45, 7) is 4.36. The van der Waals surface area contributed by atoms with Crippen molar-refractivity contribution in [3.05, 3.63) is 58.9 Å². The number of benzene rings is 2. The zero-order valence-electron chi connectivity index (χ0n) is 17.2. The number of guanidine groups is 1. The largest absolute Gasteiger partial charge is 0.454 e. The third-order valence-electron chi connectivity index (χ3n) is 4.63. The summed E-state index contributed by atoms with van der Waals surface area (Å²) in [5, 5.41) is 11.3. The molecule has 2 N–H and O–H groups in total. The van der Waals surface area contributed by atoms with Crippen LogP contribution in [0.4, 0.5) is 0 Å². The molecule has 162 valence electrons. The summed E-state index contributed by atoms with van der Waals surface area (Å²) in [4.78, 5) is 9.02. The summed E-state index contributed by atoms with van der Waals surface area (Å²) in [6, 6.07) is 13.4. The number of ether oxygens (including phenoxy) is 2. The molecule has 8 nitrogen and oxygen atoms in total. The van der Waals surface area contributed by atoms with E-state index in [1.807, 2.05) is 49.4 Å². The molecule has 0 atom stereocenters. The molecule has 0 spiro atoms. The fourth-order valence-electron chi connectivity index (χ4n) is 3.13. The van der Waals surface area contributed by atoms with Crippen molar-refractivity contribution in [2.45, 2.75) is 19.8 Å². The van der Waals surface area contributed by atoms with Crippen LogP contribution in [0.1, 0.15) is 18.4 Å². The van der Waals surface area contributed by atoms with Gasteiger partial charge in [0.1, 0.15) is 0 Å². The standard InChI is InChI=1S/C22H24ClN5O3/c1-2-24-22(25-10-8-15-6-7-18-19(12-15)30-14-29-18)26-11-9-20-27-21(28-31-20)16-4-3-5-17(23)13-16/h3-7,12-13H,2,8-11,14H2,1H3,(H2,24,25,26). The SMILES string of the molecule is CCNC(=NCCc1nc(-c2cccc(Cl)c2)no1)NCCc1ccc2c(c1)OCO2. The molecule has 0 saturated heterocycles. The first-order valence-electron chi connectivity index (χ1n) is 10.2. The minimum Gasteiger partial charge on any atom is -0.454 e. The molecule has 0 saturated carbocycles. The number of nitrogens with one attached hydrogen (secondary N) is 2. The number of halogens is 1. The van der Waals surface area contributed by atoms with Crippen LogP contribution in [0.3, 0.4) is 0 Å². The molecule has 0 fully saturated rings. The van der Waals surface area contributed by atoms with Crippen LogP contribution in [0.5, 0.6) is 11.5 Å². The first kappa shape index (κ1) is 21.0. The maximum atomic E-state index is 6.03. The van der Waals surface area contributed by atoms with Crippen LogP contribution in [0.2, 0.25) is 5.02 Å². The predicted octanol–water partition coefficient (Wildman–Crippen LogP) is 3.46. The van der Waals surface area contributed by atoms with E-state index in [4.69, 9.17) is 25.6 Å². The summed E-state index contributed by atoms with van der Waals surface area (Å²) >= 11 is 6.03. The minimum absolute atomic E-state index is 0.287. The fourth-order valence-corrected chi connectivity index (χ4v) is 3.32. The van der Waals surface area contributed by atoms with E-state index in [0.29, 0.717) is 29.7 Å². The monoisotopic (exact) mass is 441 g/mol. The Morgan fingerprint density at radius 2 is 2.00 bits per heavy atom. The number of aromatic nitrogens is 2. The Morgan fingerprint density at radius 1 is 1.10 bits per heavy atom. The normalized spacial score (nSPS) is 12.8. The van der Waals surface area contributed by atoms with Gasteiger partial charge in [-0.2, -0.15) is 4.98 Å². The lowest BCUT2D eigenvalue weighted by atomic mass is 10.1. The quantitative estimate of drug-likeness (QED) is 0.408. The van der Waals surface area contributed by atoms with Crippen LogP contribution in [0, 0.1) is 0 Å². The maximum absolute atomic E-state index is 6.03. The van der Waals surface area contributed by atoms with Gasteiger partial charge < -0.3 is 24.6 Å². The van der Waals surface area contributed by atoms with Crippen LogP contribution < -0.4 is 20.1 Å². The number of nitrogens with zero attached hydrogens (tertiary/aromatic N) is 3. The van der Waals surface area contributed by atoms with E-state index in [0.717, 1.165) is 42.5 Å². The first-order chi connectivity index (χ1) is 15.2. The Balaban J connectivity index is 1.28. The molecule has 2 heterocycles. The Hall–Kier alpha value is -3.26. The Morgan fingerprint density at radius 3 is 2.87 bits per heavy atom. The molecule has 4 rings (SSSR count). The van der Waals surface area contributed by atoms with E-state index in [9.17, 15) is 0 Å². The third-order valence-corrected chi connectivity index (χ3v) is 4.87. The van der Waals surface area contributed by atoms with Crippen molar-refractivity contribution in [3.8, 4) is 22.9 Å². The Bertz CT molecular complexity index is 1050. The van der Waals surface area contributed by atoms with E-state index < -0.39 is 0 Å². The molecule has 1 aromatic heterocycles. The van der Waals surface area contributed by atoms with Gasteiger partial charge >= 0.3 is 0 Å². The van der Waals surface area contributed by atoms with Gasteiger partial charge in [0.15, 0.2) is 17.5 Å². The Kier molecular flexibility index (Phi) is 6.89. The zero-order valence-corrected chi connectivity index (χ0v) is 18.0. The van der Waals surface area contributed by atoms with Gasteiger partial charge in [-0.05, 0) is 43.2 Å². The molecule has 0 bridgehead atoms. The summed E-state index contributed by atoms with van der Waals surface area (Å²) in [5.74, 6) is 3.41. The average Bonchev–Trinajstić information content (AvgIpc) is 3.43. The molecule has 1 aliphatic heterocycles. The van der Waals surface area contributed by atoms with Crippen molar-refractivity contribution in [2.75, 3.05) is 26.4 Å². The lowest BCUT2D eigenvalue weighted by Crippen LogP contribution is -2.38. The second-order valence-corrected chi connectivity index (χ2v) is 7.33. The number of rotatable bonds is 8. The summed E-state index contributed by atoms with van der Waals surface area (Å²) < 4.78 is 16.1. The number of hydrogen-bond donors (Lipinski definition) is 2. The summed E-state index contributed by atoms with van der Waals surface area (Å²) in [5.41, 5.74) is 2.00. The highest BCUT2D eigenvalue weighted by Crippen LogP contribution is 2.32. The van der Waals surface area contributed by atoms with Crippen molar-refractivity contribution >= 4 is 17.6 Å². The zero-order chi connectivity index (χ0) is 21.5. The summed E-state index contributed by atoms with van der Waals surface area (Å²) in [6.07, 6.45) is 1.39. The van der Waals surface area contributed by atoms with Crippen LogP contribution >= 0.6 is 11.6 Å². The second-order valence-electron chi connectivity index (χ2n) is 6.90. The van der Waals surface area contributed by atoms with E-state index in [1.54, 1.807) is 0 Å². The molecule has 0 radical (unpaired) electrons. The number of aliphatic imine (C=N–C) groups is 1. The molecule has 2 aromatic carbocycles. The predicted molar refractivity (Wildman–Crippen MR) is 119 cm³/mol. The van der Waals surface area contributed by atoms with Gasteiger partial charge in [-0.3, -0.25) is 4.99 Å². The van der Waals surface area contributed by atoms with Crippen LogP contribution in [-0.2, 0) is 12.8 Å². The van der Waals surface area contributed by atoms with Gasteiger partial charge in [0.25, 0.3) is 0 Å². The molecule has 31 heavy (non-hydrogen) atoms. The summed E-state index contributed by atoms with van der Waals surface area (Å²) in [7, 11) is 0. The minimum atomic E-state index is 0.287. The van der Waals surface area contributed by atoms with Gasteiger partial charge in [0.2, 0.25) is 18.5 Å². The van der Waals surface area contributed by atoms with E-state index >= 15 is 0 Å². The second kappa shape index (κ2) is 10.2. The van der Waals surface area contributed by atoms with Gasteiger partial charge in [0, 0.05) is 30.1 Å². The Labute approximate surface area is 185 Å². The highest BCUT2D eigenvalue weighted by atomic mass is 35.5. The molecule has 0 aliphatic carbocycles. The maximum Gasteiger partial charge on any atom is 0.231 e. The van der Waals surface area contributed by atoms with Gasteiger partial charge in [-0.15, -0.1) is 0 Å². The van der Waals surface area contributed by atoms with Crippen LogP contribution in [-0.4, -0.2) is 42.5 Å². The topological polar surface area (TPSA) is 93.8 Å². The lowest BCUT2D eigenvalue weighted by molar-refractivity contribution is 0.174. The molecule has 1 aliphatic rings. The van der Waals surface area contributed by atoms with Crippen LogP contribution in [0.15, 0.2) is 52.0 Å². The van der Waals surface area contributed by atoms with Crippen molar-refractivity contribution in [3.63, 3.8) is 0 Å². The molecular weight excluding hydrogens is 418 g/mol. The lowest BCUT2D eigenvalue weighted by Gasteiger charge is -2.11. The van der Waals surface area contributed by atoms with Gasteiger partial charge in [-0.25, -0.2) is 0 Å². The highest BCUT2D eigenvalue weighted by molar-refractivity contribution is 6.30. The van der Waals surface area contributed by atoms with E-state index in [2.05, 4.69) is 25.8 Å². The fraction of sp³-hybridized carbons (Fsp3) is 0.318. The van der Waals surface area contributed by atoms with Crippen LogP contribution in [0.25, 0.3) is 11.4 Å². The van der Waals surface area contributed by atoms with Gasteiger partial charge in [0.05, 0.1) is 6.54 Å². The van der Waals surface area contributed by atoms with Gasteiger partial charge in [-0.1, -0.05) is 35.0 Å². The number of fused-ring (bicyclic) bond motifs is 1. The third kappa shape index (κ3) is 5.67. The van der Waals surface area contributed by atoms with E-state index in [1.165, 1.54) is 5.56 Å². The molecule has 0 amide bonds. The number of hydrogen-bond acceptors (Lipinski definition) is 6. The van der Waals surface area contributed by atoms with Crippen molar-refractivity contribution < 1.29 is 14.0 Å². The molecule has 0 unspecified atom stereocenters. The van der Waals surface area contributed by atoms with Crippen molar-refractivity contribution in [1.82, 2.24) is 20.8 Å².